The predicted molar refractivity (Wildman–Crippen MR) is 100 cm³/mol. The number of carbonyl (C=O) groups excluding carboxylic acids is 1. The molecule has 0 aromatic heterocycles. The van der Waals surface area contributed by atoms with E-state index in [1.807, 2.05) is 20.8 Å². The van der Waals surface area contributed by atoms with E-state index in [1.54, 1.807) is 11.8 Å². The molecule has 2 fully saturated rings. The summed E-state index contributed by atoms with van der Waals surface area (Å²) in [5.74, 6) is 0. The van der Waals surface area contributed by atoms with Crippen LogP contribution in [-0.2, 0) is 4.74 Å². The average molecular weight is 353 g/mol. The van der Waals surface area contributed by atoms with Crippen molar-refractivity contribution in [1.29, 1.82) is 0 Å². The lowest BCUT2D eigenvalue weighted by atomic mass is 9.77. The van der Waals surface area contributed by atoms with Crippen molar-refractivity contribution in [3.8, 4) is 0 Å². The summed E-state index contributed by atoms with van der Waals surface area (Å²) in [6.45, 7) is 16.2. The summed E-state index contributed by atoms with van der Waals surface area (Å²) in [5, 5.41) is 15.0. The number of allylic oxidation sites excluding steroid dienone is 2. The standard InChI is InChI=1S/C20H36N2O3/c1-14(2)10-9-11-19(7)20(8,24)22(16(23)25-19)15-12-17(3,4)21-18(5,6)13-15/h10,15,21,24H,9,11-13H2,1-8H3/t19-,20-/m1/s1. The third kappa shape index (κ3) is 4.03. The van der Waals surface area contributed by atoms with Crippen LogP contribution in [0.2, 0.25) is 0 Å². The summed E-state index contributed by atoms with van der Waals surface area (Å²) in [5.41, 5.74) is -1.22. The van der Waals surface area contributed by atoms with Crippen LogP contribution >= 0.6 is 0 Å². The molecule has 0 aliphatic carbocycles. The molecule has 5 heteroatoms. The zero-order valence-electron chi connectivity index (χ0n) is 17.2. The van der Waals surface area contributed by atoms with Gasteiger partial charge in [-0.05, 0) is 81.1 Å². The van der Waals surface area contributed by atoms with Crippen LogP contribution < -0.4 is 5.32 Å². The first-order chi connectivity index (χ1) is 11.2. The maximum Gasteiger partial charge on any atom is 0.413 e. The lowest BCUT2D eigenvalue weighted by Crippen LogP contribution is -2.66. The Hall–Kier alpha value is -1.07. The normalized spacial score (nSPS) is 34.8. The minimum atomic E-state index is -1.33. The van der Waals surface area contributed by atoms with Gasteiger partial charge in [0.1, 0.15) is 0 Å². The second kappa shape index (κ2) is 6.27. The van der Waals surface area contributed by atoms with Gasteiger partial charge in [-0.2, -0.15) is 0 Å². The molecule has 0 aromatic rings. The second-order valence-electron chi connectivity index (χ2n) is 9.76. The van der Waals surface area contributed by atoms with Gasteiger partial charge in [0.25, 0.3) is 0 Å². The molecule has 2 N–H and O–H groups in total. The Kier molecular flexibility index (Phi) is 5.08. The molecule has 5 nitrogen and oxygen atoms in total. The second-order valence-corrected chi connectivity index (χ2v) is 9.76. The highest BCUT2D eigenvalue weighted by molar-refractivity contribution is 5.72. The number of aliphatic hydroxyl groups is 1. The van der Waals surface area contributed by atoms with Crippen LogP contribution in [0.3, 0.4) is 0 Å². The number of nitrogens with zero attached hydrogens (tertiary/aromatic N) is 1. The van der Waals surface area contributed by atoms with Gasteiger partial charge in [0.2, 0.25) is 0 Å². The molecular weight excluding hydrogens is 316 g/mol. The van der Waals surface area contributed by atoms with Crippen molar-refractivity contribution in [2.24, 2.45) is 0 Å². The molecule has 2 aliphatic heterocycles. The van der Waals surface area contributed by atoms with Crippen molar-refractivity contribution in [1.82, 2.24) is 10.2 Å². The highest BCUT2D eigenvalue weighted by Gasteiger charge is 2.61. The van der Waals surface area contributed by atoms with Gasteiger partial charge in [0.15, 0.2) is 11.3 Å². The third-order valence-electron chi connectivity index (χ3n) is 5.69. The first-order valence-corrected chi connectivity index (χ1v) is 9.37. The van der Waals surface area contributed by atoms with Crippen LogP contribution in [-0.4, -0.2) is 44.5 Å². The number of rotatable bonds is 4. The van der Waals surface area contributed by atoms with Crippen molar-refractivity contribution in [2.75, 3.05) is 0 Å². The van der Waals surface area contributed by atoms with Crippen LogP contribution in [0, 0.1) is 0 Å². The fourth-order valence-corrected chi connectivity index (χ4v) is 4.65. The molecule has 2 rings (SSSR count). The van der Waals surface area contributed by atoms with Crippen LogP contribution in [0.15, 0.2) is 11.6 Å². The van der Waals surface area contributed by atoms with Gasteiger partial charge in [0.05, 0.1) is 0 Å². The van der Waals surface area contributed by atoms with Crippen molar-refractivity contribution < 1.29 is 14.6 Å². The number of hydrogen-bond acceptors (Lipinski definition) is 4. The van der Waals surface area contributed by atoms with Crippen LogP contribution in [0.1, 0.15) is 81.1 Å². The quantitative estimate of drug-likeness (QED) is 0.752. The zero-order valence-corrected chi connectivity index (χ0v) is 17.2. The maximum absolute atomic E-state index is 12.7. The number of amides is 1. The minimum Gasteiger partial charge on any atom is -0.438 e. The Morgan fingerprint density at radius 3 is 2.20 bits per heavy atom. The molecule has 2 saturated heterocycles. The Bertz CT molecular complexity index is 545. The Balaban J connectivity index is 2.26. The molecule has 2 heterocycles. The van der Waals surface area contributed by atoms with Gasteiger partial charge >= 0.3 is 6.09 Å². The van der Waals surface area contributed by atoms with Crippen molar-refractivity contribution in [3.05, 3.63) is 11.6 Å². The lowest BCUT2D eigenvalue weighted by Gasteiger charge is -2.51. The summed E-state index contributed by atoms with van der Waals surface area (Å²) >= 11 is 0. The average Bonchev–Trinajstić information content (AvgIpc) is 2.50. The molecule has 0 spiro atoms. The van der Waals surface area contributed by atoms with Gasteiger partial charge in [0, 0.05) is 17.1 Å². The van der Waals surface area contributed by atoms with E-state index in [0.717, 1.165) is 19.3 Å². The molecule has 0 unspecified atom stereocenters. The van der Waals surface area contributed by atoms with E-state index in [2.05, 4.69) is 39.1 Å². The van der Waals surface area contributed by atoms with E-state index in [1.165, 1.54) is 5.57 Å². The summed E-state index contributed by atoms with van der Waals surface area (Å²) in [6.07, 6.45) is 4.67. The Morgan fingerprint density at radius 2 is 1.72 bits per heavy atom. The van der Waals surface area contributed by atoms with Gasteiger partial charge in [-0.1, -0.05) is 11.6 Å². The lowest BCUT2D eigenvalue weighted by molar-refractivity contribution is -0.154. The van der Waals surface area contributed by atoms with E-state index >= 15 is 0 Å². The SMILES string of the molecule is CC(C)=CCC[C@@]1(C)OC(=O)N(C2CC(C)(C)NC(C)(C)C2)[C@]1(C)O. The zero-order chi connectivity index (χ0) is 19.3. The van der Waals surface area contributed by atoms with E-state index in [4.69, 9.17) is 4.74 Å². The van der Waals surface area contributed by atoms with Crippen LogP contribution in [0.5, 0.6) is 0 Å². The number of piperidine rings is 1. The number of nitrogens with one attached hydrogen (secondary N) is 1. The minimum absolute atomic E-state index is 0.0565. The topological polar surface area (TPSA) is 61.8 Å². The molecule has 2 atom stereocenters. The van der Waals surface area contributed by atoms with E-state index in [0.29, 0.717) is 6.42 Å². The van der Waals surface area contributed by atoms with Crippen molar-refractivity contribution >= 4 is 6.09 Å². The molecule has 144 valence electrons. The first-order valence-electron chi connectivity index (χ1n) is 9.37. The summed E-state index contributed by atoms with van der Waals surface area (Å²) < 4.78 is 5.74. The molecule has 0 bridgehead atoms. The van der Waals surface area contributed by atoms with Crippen molar-refractivity contribution in [2.45, 2.75) is 110 Å². The fourth-order valence-electron chi connectivity index (χ4n) is 4.65. The molecule has 1 amide bonds. The highest BCUT2D eigenvalue weighted by atomic mass is 16.6. The predicted octanol–water partition coefficient (Wildman–Crippen LogP) is 3.96. The van der Waals surface area contributed by atoms with Crippen LogP contribution in [0.4, 0.5) is 4.79 Å². The van der Waals surface area contributed by atoms with E-state index in [-0.39, 0.29) is 17.1 Å². The largest absolute Gasteiger partial charge is 0.438 e. The summed E-state index contributed by atoms with van der Waals surface area (Å²) in [4.78, 5) is 14.3. The van der Waals surface area contributed by atoms with Gasteiger partial charge in [-0.15, -0.1) is 0 Å². The fraction of sp³-hybridized carbons (Fsp3) is 0.850. The maximum atomic E-state index is 12.7. The van der Waals surface area contributed by atoms with E-state index in [9.17, 15) is 9.90 Å². The Labute approximate surface area is 152 Å². The van der Waals surface area contributed by atoms with Gasteiger partial charge in [-0.3, -0.25) is 4.90 Å². The molecule has 2 aliphatic rings. The Morgan fingerprint density at radius 1 is 1.20 bits per heavy atom. The number of carbonyl (C=O) groups is 1. The van der Waals surface area contributed by atoms with Gasteiger partial charge in [-0.25, -0.2) is 4.79 Å². The highest BCUT2D eigenvalue weighted by Crippen LogP contribution is 2.45. The third-order valence-corrected chi connectivity index (χ3v) is 5.69. The summed E-state index contributed by atoms with van der Waals surface area (Å²) in [7, 11) is 0. The monoisotopic (exact) mass is 352 g/mol. The smallest absolute Gasteiger partial charge is 0.413 e. The molecule has 25 heavy (non-hydrogen) atoms. The number of hydrogen-bond donors (Lipinski definition) is 2. The van der Waals surface area contributed by atoms with E-state index < -0.39 is 17.4 Å². The van der Waals surface area contributed by atoms with Crippen molar-refractivity contribution in [3.63, 3.8) is 0 Å². The molecule has 0 aromatic carbocycles. The number of cyclic esters (lactones) is 1. The first kappa shape index (κ1) is 20.2. The summed E-state index contributed by atoms with van der Waals surface area (Å²) in [6, 6.07) is -0.0565. The molecular formula is C20H36N2O3. The number of ether oxygens (including phenoxy) is 1. The van der Waals surface area contributed by atoms with Crippen LogP contribution in [0.25, 0.3) is 0 Å². The molecule has 0 saturated carbocycles. The molecule has 0 radical (unpaired) electrons. The van der Waals surface area contributed by atoms with Gasteiger partial charge < -0.3 is 15.2 Å².